The van der Waals surface area contributed by atoms with E-state index in [2.05, 4.69) is 23.3 Å². The summed E-state index contributed by atoms with van der Waals surface area (Å²) in [5, 5.41) is 12.7. The lowest BCUT2D eigenvalue weighted by Crippen LogP contribution is -2.49. The van der Waals surface area contributed by atoms with Gasteiger partial charge in [-0.25, -0.2) is 0 Å². The molecule has 1 saturated carbocycles. The van der Waals surface area contributed by atoms with E-state index in [1.165, 1.54) is 25.8 Å². The second kappa shape index (κ2) is 4.51. The SMILES string of the molecule is CN1CCCC(NCC2(C#N)CCC2)C1. The molecule has 3 heteroatoms. The van der Waals surface area contributed by atoms with Crippen molar-refractivity contribution in [2.24, 2.45) is 5.41 Å². The molecule has 1 aliphatic carbocycles. The maximum Gasteiger partial charge on any atom is 0.0703 e. The van der Waals surface area contributed by atoms with Crippen molar-refractivity contribution >= 4 is 0 Å². The third-order valence-corrected chi connectivity index (χ3v) is 3.90. The van der Waals surface area contributed by atoms with Crippen molar-refractivity contribution < 1.29 is 0 Å². The molecule has 0 bridgehead atoms. The zero-order chi connectivity index (χ0) is 10.7. The van der Waals surface area contributed by atoms with Crippen molar-refractivity contribution in [2.45, 2.75) is 38.1 Å². The number of hydrogen-bond acceptors (Lipinski definition) is 3. The molecule has 0 spiro atoms. The summed E-state index contributed by atoms with van der Waals surface area (Å²) in [6.45, 7) is 3.27. The molecule has 0 aromatic carbocycles. The van der Waals surface area contributed by atoms with Gasteiger partial charge in [0.05, 0.1) is 11.5 Å². The molecule has 15 heavy (non-hydrogen) atoms. The van der Waals surface area contributed by atoms with Crippen LogP contribution in [0, 0.1) is 16.7 Å². The molecule has 1 N–H and O–H groups in total. The molecule has 2 fully saturated rings. The van der Waals surface area contributed by atoms with Gasteiger partial charge in [-0.2, -0.15) is 5.26 Å². The highest BCUT2D eigenvalue weighted by atomic mass is 15.1. The van der Waals surface area contributed by atoms with Crippen LogP contribution in [0.4, 0.5) is 0 Å². The number of hydrogen-bond donors (Lipinski definition) is 1. The standard InChI is InChI=1S/C12H21N3/c1-15-7-2-4-11(8-15)14-10-12(9-13)5-3-6-12/h11,14H,2-8,10H2,1H3. The Kier molecular flexibility index (Phi) is 3.28. The Bertz CT molecular complexity index is 252. The van der Waals surface area contributed by atoms with Crippen molar-refractivity contribution in [2.75, 3.05) is 26.7 Å². The van der Waals surface area contributed by atoms with Gasteiger partial charge in [0.2, 0.25) is 0 Å². The first kappa shape index (κ1) is 10.9. The average Bonchev–Trinajstić information content (AvgIpc) is 2.17. The lowest BCUT2D eigenvalue weighted by atomic mass is 9.70. The third-order valence-electron chi connectivity index (χ3n) is 3.90. The summed E-state index contributed by atoms with van der Waals surface area (Å²) in [4.78, 5) is 2.38. The summed E-state index contributed by atoms with van der Waals surface area (Å²) in [5.74, 6) is 0. The van der Waals surface area contributed by atoms with Crippen molar-refractivity contribution in [1.29, 1.82) is 5.26 Å². The fourth-order valence-corrected chi connectivity index (χ4v) is 2.60. The Morgan fingerprint density at radius 1 is 1.47 bits per heavy atom. The number of piperidine rings is 1. The minimum absolute atomic E-state index is 0.0178. The van der Waals surface area contributed by atoms with Crippen LogP contribution in [-0.4, -0.2) is 37.6 Å². The highest BCUT2D eigenvalue weighted by molar-refractivity contribution is 5.06. The van der Waals surface area contributed by atoms with Gasteiger partial charge in [-0.05, 0) is 39.3 Å². The topological polar surface area (TPSA) is 39.1 Å². The molecule has 0 amide bonds. The first-order valence-electron chi connectivity index (χ1n) is 6.07. The first-order chi connectivity index (χ1) is 7.24. The van der Waals surface area contributed by atoms with Gasteiger partial charge >= 0.3 is 0 Å². The van der Waals surface area contributed by atoms with E-state index in [0.29, 0.717) is 6.04 Å². The third kappa shape index (κ3) is 2.50. The van der Waals surface area contributed by atoms with Gasteiger partial charge in [-0.3, -0.25) is 0 Å². The fraction of sp³-hybridized carbons (Fsp3) is 0.917. The van der Waals surface area contributed by atoms with Crippen molar-refractivity contribution in [3.05, 3.63) is 0 Å². The smallest absolute Gasteiger partial charge is 0.0703 e. The van der Waals surface area contributed by atoms with Gasteiger partial charge in [0.1, 0.15) is 0 Å². The van der Waals surface area contributed by atoms with Crippen molar-refractivity contribution in [3.63, 3.8) is 0 Å². The second-order valence-electron chi connectivity index (χ2n) is 5.23. The van der Waals surface area contributed by atoms with Gasteiger partial charge in [0.15, 0.2) is 0 Å². The molecule has 0 aromatic heterocycles. The van der Waals surface area contributed by atoms with Crippen LogP contribution in [0.2, 0.25) is 0 Å². The van der Waals surface area contributed by atoms with Crippen LogP contribution in [0.15, 0.2) is 0 Å². The summed E-state index contributed by atoms with van der Waals surface area (Å²) >= 11 is 0. The van der Waals surface area contributed by atoms with Crippen LogP contribution in [0.5, 0.6) is 0 Å². The van der Waals surface area contributed by atoms with Gasteiger partial charge in [-0.1, -0.05) is 6.42 Å². The summed E-state index contributed by atoms with van der Waals surface area (Å²) in [5.41, 5.74) is -0.0178. The molecule has 0 aromatic rings. The normalized spacial score (nSPS) is 30.5. The molecule has 84 valence electrons. The van der Waals surface area contributed by atoms with Crippen LogP contribution in [0.25, 0.3) is 0 Å². The van der Waals surface area contributed by atoms with E-state index < -0.39 is 0 Å². The Morgan fingerprint density at radius 2 is 2.27 bits per heavy atom. The molecular weight excluding hydrogens is 186 g/mol. The van der Waals surface area contributed by atoms with E-state index in [4.69, 9.17) is 5.26 Å². The monoisotopic (exact) mass is 207 g/mol. The molecule has 2 rings (SSSR count). The highest BCUT2D eigenvalue weighted by Crippen LogP contribution is 2.39. The number of nitriles is 1. The Labute approximate surface area is 92.4 Å². The first-order valence-corrected chi connectivity index (χ1v) is 6.07. The van der Waals surface area contributed by atoms with E-state index >= 15 is 0 Å². The van der Waals surface area contributed by atoms with E-state index in [1.54, 1.807) is 0 Å². The summed E-state index contributed by atoms with van der Waals surface area (Å²) < 4.78 is 0. The second-order valence-corrected chi connectivity index (χ2v) is 5.23. The van der Waals surface area contributed by atoms with Crippen molar-refractivity contribution in [1.82, 2.24) is 10.2 Å². The lowest BCUT2D eigenvalue weighted by molar-refractivity contribution is 0.171. The molecule has 2 aliphatic rings. The van der Waals surface area contributed by atoms with E-state index in [1.807, 2.05) is 0 Å². The highest BCUT2D eigenvalue weighted by Gasteiger charge is 2.37. The van der Waals surface area contributed by atoms with Crippen LogP contribution >= 0.6 is 0 Å². The van der Waals surface area contributed by atoms with Crippen LogP contribution in [0.1, 0.15) is 32.1 Å². The predicted octanol–water partition coefficient (Wildman–Crippen LogP) is 1.36. The van der Waals surface area contributed by atoms with Crippen LogP contribution in [-0.2, 0) is 0 Å². The van der Waals surface area contributed by atoms with Crippen LogP contribution < -0.4 is 5.32 Å². The van der Waals surface area contributed by atoms with E-state index in [9.17, 15) is 0 Å². The van der Waals surface area contributed by atoms with Gasteiger partial charge in [0, 0.05) is 19.1 Å². The summed E-state index contributed by atoms with van der Waals surface area (Å²) in [6.07, 6.45) is 5.98. The van der Waals surface area contributed by atoms with Crippen molar-refractivity contribution in [3.8, 4) is 6.07 Å². The Balaban J connectivity index is 1.75. The zero-order valence-electron chi connectivity index (χ0n) is 9.63. The molecule has 0 radical (unpaired) electrons. The predicted molar refractivity (Wildman–Crippen MR) is 60.4 cm³/mol. The lowest BCUT2D eigenvalue weighted by Gasteiger charge is -2.38. The maximum atomic E-state index is 9.12. The van der Waals surface area contributed by atoms with Gasteiger partial charge in [0.25, 0.3) is 0 Å². The number of likely N-dealkylation sites (N-methyl/N-ethyl adjacent to an activating group) is 1. The number of likely N-dealkylation sites (tertiary alicyclic amines) is 1. The molecule has 1 saturated heterocycles. The quantitative estimate of drug-likeness (QED) is 0.759. The molecule has 3 nitrogen and oxygen atoms in total. The number of nitrogens with zero attached hydrogens (tertiary/aromatic N) is 2. The molecule has 1 atom stereocenters. The Hall–Kier alpha value is -0.590. The van der Waals surface area contributed by atoms with Gasteiger partial charge in [-0.15, -0.1) is 0 Å². The average molecular weight is 207 g/mol. The molecule has 1 unspecified atom stereocenters. The molecule has 1 heterocycles. The summed E-state index contributed by atoms with van der Waals surface area (Å²) in [6, 6.07) is 3.10. The zero-order valence-corrected chi connectivity index (χ0v) is 9.63. The minimum Gasteiger partial charge on any atom is -0.311 e. The molecule has 1 aliphatic heterocycles. The maximum absolute atomic E-state index is 9.12. The van der Waals surface area contributed by atoms with E-state index in [0.717, 1.165) is 25.9 Å². The Morgan fingerprint density at radius 3 is 2.80 bits per heavy atom. The largest absolute Gasteiger partial charge is 0.311 e. The molecular formula is C12H21N3. The van der Waals surface area contributed by atoms with Crippen LogP contribution in [0.3, 0.4) is 0 Å². The number of nitrogens with one attached hydrogen (secondary N) is 1. The van der Waals surface area contributed by atoms with Gasteiger partial charge < -0.3 is 10.2 Å². The fourth-order valence-electron chi connectivity index (χ4n) is 2.60. The number of rotatable bonds is 3. The summed E-state index contributed by atoms with van der Waals surface area (Å²) in [7, 11) is 2.18. The van der Waals surface area contributed by atoms with E-state index in [-0.39, 0.29) is 5.41 Å². The minimum atomic E-state index is -0.0178.